The lowest BCUT2D eigenvalue weighted by atomic mass is 10.2. The summed E-state index contributed by atoms with van der Waals surface area (Å²) in [6.45, 7) is 0. The lowest BCUT2D eigenvalue weighted by Crippen LogP contribution is -2.13. The first-order valence-corrected chi connectivity index (χ1v) is 6.79. The Morgan fingerprint density at radius 1 is 0.583 bits per heavy atom. The van der Waals surface area contributed by atoms with Gasteiger partial charge in [-0.25, -0.2) is 19.2 Å². The van der Waals surface area contributed by atoms with Crippen molar-refractivity contribution in [2.75, 3.05) is 0 Å². The number of para-hydroxylation sites is 2. The summed E-state index contributed by atoms with van der Waals surface area (Å²) >= 11 is 0. The van der Waals surface area contributed by atoms with Crippen LogP contribution in [-0.4, -0.2) is 9.97 Å². The van der Waals surface area contributed by atoms with Crippen molar-refractivity contribution in [1.29, 1.82) is 0 Å². The number of aromatic amines is 2. The summed E-state index contributed by atoms with van der Waals surface area (Å²) in [6.07, 6.45) is 0. The molecule has 24 heavy (non-hydrogen) atoms. The van der Waals surface area contributed by atoms with Crippen molar-refractivity contribution in [3.63, 3.8) is 0 Å². The maximum absolute atomic E-state index is 11.0. The first-order chi connectivity index (χ1) is 11.5. The monoisotopic (exact) mass is 326 g/mol. The van der Waals surface area contributed by atoms with Gasteiger partial charge in [0.25, 0.3) is 0 Å². The molecular weight excluding hydrogens is 316 g/mol. The van der Waals surface area contributed by atoms with E-state index in [0.29, 0.717) is 21.8 Å². The summed E-state index contributed by atoms with van der Waals surface area (Å²) in [6, 6.07) is 13.4. The summed E-state index contributed by atoms with van der Waals surface area (Å²) in [7, 11) is 0. The van der Waals surface area contributed by atoms with Gasteiger partial charge in [-0.15, -0.1) is 0 Å². The fourth-order valence-corrected chi connectivity index (χ4v) is 2.09. The smallest absolute Gasteiger partial charge is 0.372 e. The van der Waals surface area contributed by atoms with E-state index in [1.807, 2.05) is 0 Å². The molecule has 8 heteroatoms. The maximum atomic E-state index is 11.0. The molecule has 2 N–H and O–H groups in total. The number of hydrogen-bond acceptors (Lipinski definition) is 6. The molecule has 0 atom stereocenters. The van der Waals surface area contributed by atoms with Crippen molar-refractivity contribution in [3.8, 4) is 0 Å². The molecule has 0 saturated heterocycles. The second-order valence-corrected chi connectivity index (χ2v) is 4.70. The van der Waals surface area contributed by atoms with Crippen molar-refractivity contribution in [2.24, 2.45) is 0 Å². The Hall–Kier alpha value is -3.68. The van der Waals surface area contributed by atoms with Crippen molar-refractivity contribution >= 4 is 21.8 Å². The van der Waals surface area contributed by atoms with E-state index >= 15 is 0 Å². The van der Waals surface area contributed by atoms with Crippen LogP contribution in [0.5, 0.6) is 0 Å². The van der Waals surface area contributed by atoms with Crippen LogP contribution in [0, 0.1) is 0 Å². The van der Waals surface area contributed by atoms with Gasteiger partial charge in [-0.2, -0.15) is 0 Å². The highest BCUT2D eigenvalue weighted by atomic mass is 16.4. The Morgan fingerprint density at radius 2 is 0.958 bits per heavy atom. The average Bonchev–Trinajstić information content (AvgIpc) is 2.55. The van der Waals surface area contributed by atoms with Crippen LogP contribution in [0.2, 0.25) is 0 Å². The fraction of sp³-hybridized carbons (Fsp3) is 0. The number of rotatable bonds is 0. The Morgan fingerprint density at radius 3 is 1.38 bits per heavy atom. The Kier molecular flexibility index (Phi) is 3.94. The molecular formula is C16H10N2O6. The predicted octanol–water partition coefficient (Wildman–Crippen LogP) is 0.963. The van der Waals surface area contributed by atoms with Crippen LogP contribution in [0.15, 0.2) is 76.5 Å². The number of nitrogens with one attached hydrogen (secondary N) is 2. The van der Waals surface area contributed by atoms with Gasteiger partial charge in [-0.3, -0.25) is 9.97 Å². The second kappa shape index (κ2) is 6.21. The molecule has 4 rings (SSSR count). The minimum Gasteiger partial charge on any atom is -0.372 e. The highest BCUT2D eigenvalue weighted by Gasteiger charge is 1.99. The molecule has 4 aromatic rings. The van der Waals surface area contributed by atoms with Gasteiger partial charge in [0.05, 0.1) is 21.8 Å². The lowest BCUT2D eigenvalue weighted by molar-refractivity contribution is 0.459. The minimum absolute atomic E-state index is 0.386. The third-order valence-electron chi connectivity index (χ3n) is 3.14. The molecule has 0 unspecified atom stereocenters. The normalized spacial score (nSPS) is 10.3. The van der Waals surface area contributed by atoms with Gasteiger partial charge in [0.15, 0.2) is 0 Å². The summed E-state index contributed by atoms with van der Waals surface area (Å²) in [5, 5.41) is 0.772. The number of aromatic nitrogens is 2. The van der Waals surface area contributed by atoms with E-state index in [2.05, 4.69) is 18.8 Å². The van der Waals surface area contributed by atoms with E-state index < -0.39 is 22.8 Å². The number of H-pyrrole nitrogens is 2. The van der Waals surface area contributed by atoms with Gasteiger partial charge in [0, 0.05) is 0 Å². The highest BCUT2D eigenvalue weighted by Crippen LogP contribution is 2.02. The van der Waals surface area contributed by atoms with Crippen molar-refractivity contribution < 1.29 is 8.83 Å². The predicted molar refractivity (Wildman–Crippen MR) is 86.2 cm³/mol. The molecule has 2 aromatic heterocycles. The summed E-state index contributed by atoms with van der Waals surface area (Å²) < 4.78 is 8.65. The minimum atomic E-state index is -0.723. The number of fused-ring (bicyclic) bond motifs is 2. The second-order valence-electron chi connectivity index (χ2n) is 4.70. The quantitative estimate of drug-likeness (QED) is 0.495. The SMILES string of the molecule is O=c1[nH]c2ccccc2c(=O)o1.O=c1[nH]c2ccccc2c(=O)o1. The van der Waals surface area contributed by atoms with Crippen LogP contribution in [0.25, 0.3) is 21.8 Å². The third-order valence-corrected chi connectivity index (χ3v) is 3.14. The molecule has 0 aliphatic heterocycles. The zero-order valence-electron chi connectivity index (χ0n) is 12.1. The molecule has 8 nitrogen and oxygen atoms in total. The van der Waals surface area contributed by atoms with Gasteiger partial charge < -0.3 is 8.83 Å². The lowest BCUT2D eigenvalue weighted by Gasteiger charge is -1.91. The van der Waals surface area contributed by atoms with Crippen LogP contribution >= 0.6 is 0 Å². The molecule has 0 radical (unpaired) electrons. The van der Waals surface area contributed by atoms with E-state index in [-0.39, 0.29) is 0 Å². The molecule has 0 bridgehead atoms. The summed E-state index contributed by atoms with van der Waals surface area (Å²) in [5.41, 5.74) is -0.207. The first kappa shape index (κ1) is 15.2. The molecule has 0 spiro atoms. The van der Waals surface area contributed by atoms with Crippen molar-refractivity contribution in [1.82, 2.24) is 9.97 Å². The van der Waals surface area contributed by atoms with Gasteiger partial charge in [0.2, 0.25) is 0 Å². The van der Waals surface area contributed by atoms with Gasteiger partial charge in [0.1, 0.15) is 0 Å². The van der Waals surface area contributed by atoms with E-state index in [1.165, 1.54) is 0 Å². The van der Waals surface area contributed by atoms with Crippen LogP contribution in [0.3, 0.4) is 0 Å². The zero-order chi connectivity index (χ0) is 17.1. The van der Waals surface area contributed by atoms with Crippen LogP contribution in [0.4, 0.5) is 0 Å². The molecule has 2 heterocycles. The average molecular weight is 326 g/mol. The van der Waals surface area contributed by atoms with E-state index in [0.717, 1.165) is 0 Å². The van der Waals surface area contributed by atoms with E-state index in [1.54, 1.807) is 48.5 Å². The maximum Gasteiger partial charge on any atom is 0.419 e. The summed E-state index contributed by atoms with van der Waals surface area (Å²) in [5.74, 6) is -1.45. The van der Waals surface area contributed by atoms with E-state index in [4.69, 9.17) is 0 Å². The largest absolute Gasteiger partial charge is 0.419 e. The molecule has 0 aliphatic carbocycles. The zero-order valence-corrected chi connectivity index (χ0v) is 12.1. The summed E-state index contributed by atoms with van der Waals surface area (Å²) in [4.78, 5) is 48.2. The number of benzene rings is 2. The fourth-order valence-electron chi connectivity index (χ4n) is 2.09. The molecule has 0 aliphatic rings. The number of hydrogen-bond donors (Lipinski definition) is 2. The third kappa shape index (κ3) is 3.07. The molecule has 0 fully saturated rings. The topological polar surface area (TPSA) is 126 Å². The van der Waals surface area contributed by atoms with Crippen LogP contribution in [0.1, 0.15) is 0 Å². The standard InChI is InChI=1S/2C8H5NO3/c2*10-7-5-3-1-2-4-6(5)9-8(11)12-7/h2*1-4H,(H,9,11). The van der Waals surface area contributed by atoms with Crippen molar-refractivity contribution in [3.05, 3.63) is 90.5 Å². The Labute approximate surface area is 132 Å². The highest BCUT2D eigenvalue weighted by molar-refractivity contribution is 5.76. The van der Waals surface area contributed by atoms with Gasteiger partial charge in [-0.05, 0) is 24.3 Å². The van der Waals surface area contributed by atoms with Crippen LogP contribution in [-0.2, 0) is 0 Å². The Bertz CT molecular complexity index is 1150. The van der Waals surface area contributed by atoms with E-state index in [9.17, 15) is 19.2 Å². The molecule has 0 amide bonds. The Balaban J connectivity index is 0.000000141. The molecule has 0 saturated carbocycles. The first-order valence-electron chi connectivity index (χ1n) is 6.79. The van der Waals surface area contributed by atoms with Gasteiger partial charge >= 0.3 is 22.8 Å². The van der Waals surface area contributed by atoms with Gasteiger partial charge in [-0.1, -0.05) is 24.3 Å². The molecule has 2 aromatic carbocycles. The van der Waals surface area contributed by atoms with Crippen LogP contribution < -0.4 is 22.8 Å². The van der Waals surface area contributed by atoms with Crippen molar-refractivity contribution in [2.45, 2.75) is 0 Å². The molecule has 120 valence electrons.